The van der Waals surface area contributed by atoms with Gasteiger partial charge in [0.15, 0.2) is 6.61 Å². The number of hydrazone groups is 1. The molecule has 0 radical (unpaired) electrons. The molecule has 160 valence electrons. The molecule has 0 fully saturated rings. The molecule has 2 rings (SSSR count). The van der Waals surface area contributed by atoms with Crippen LogP contribution in [-0.2, 0) is 4.79 Å². The Balaban J connectivity index is 1.85. The van der Waals surface area contributed by atoms with Crippen molar-refractivity contribution in [2.75, 3.05) is 24.6 Å². The normalized spacial score (nSPS) is 10.8. The molecule has 1 amide bonds. The molecule has 30 heavy (non-hydrogen) atoms. The second-order valence-electron chi connectivity index (χ2n) is 6.53. The highest BCUT2D eigenvalue weighted by molar-refractivity contribution is 9.10. The number of rotatable bonds is 11. The number of non-ortho nitro benzene ring substituents is 1. The molecule has 0 aliphatic carbocycles. The summed E-state index contributed by atoms with van der Waals surface area (Å²) in [6.45, 7) is 6.09. The average Bonchev–Trinajstić information content (AvgIpc) is 2.73. The van der Waals surface area contributed by atoms with Gasteiger partial charge >= 0.3 is 0 Å². The summed E-state index contributed by atoms with van der Waals surface area (Å²) in [6.07, 6.45) is 3.75. The maximum absolute atomic E-state index is 11.9. The van der Waals surface area contributed by atoms with E-state index >= 15 is 0 Å². The number of nitro groups is 1. The van der Waals surface area contributed by atoms with E-state index in [1.54, 1.807) is 6.21 Å². The van der Waals surface area contributed by atoms with Crippen molar-refractivity contribution in [2.24, 2.45) is 5.10 Å². The van der Waals surface area contributed by atoms with Crippen molar-refractivity contribution in [2.45, 2.75) is 26.7 Å². The number of nitrogens with zero attached hydrogens (tertiary/aromatic N) is 3. The van der Waals surface area contributed by atoms with Crippen molar-refractivity contribution in [3.63, 3.8) is 0 Å². The molecule has 0 unspecified atom stereocenters. The summed E-state index contributed by atoms with van der Waals surface area (Å²) in [6, 6.07) is 12.1. The molecule has 2 aromatic rings. The van der Waals surface area contributed by atoms with Crippen molar-refractivity contribution in [3.8, 4) is 5.75 Å². The Morgan fingerprint density at radius 3 is 2.43 bits per heavy atom. The van der Waals surface area contributed by atoms with Crippen LogP contribution in [0.3, 0.4) is 0 Å². The monoisotopic (exact) mass is 476 g/mol. The van der Waals surface area contributed by atoms with Gasteiger partial charge < -0.3 is 9.64 Å². The number of benzene rings is 2. The molecule has 0 saturated carbocycles. The molecule has 0 spiro atoms. The van der Waals surface area contributed by atoms with Gasteiger partial charge in [-0.25, -0.2) is 5.43 Å². The first-order chi connectivity index (χ1) is 14.4. The van der Waals surface area contributed by atoms with Gasteiger partial charge in [-0.05, 0) is 52.5 Å². The average molecular weight is 477 g/mol. The van der Waals surface area contributed by atoms with Gasteiger partial charge in [-0.1, -0.05) is 26.0 Å². The van der Waals surface area contributed by atoms with Crippen molar-refractivity contribution >= 4 is 39.4 Å². The fourth-order valence-electron chi connectivity index (χ4n) is 2.76. The van der Waals surface area contributed by atoms with Gasteiger partial charge in [0, 0.05) is 30.9 Å². The number of hydrogen-bond acceptors (Lipinski definition) is 6. The number of hydrogen-bond donors (Lipinski definition) is 1. The fraction of sp³-hybridized carbons (Fsp3) is 0.333. The Kier molecular flexibility index (Phi) is 9.27. The van der Waals surface area contributed by atoms with E-state index in [1.165, 1.54) is 23.9 Å². The molecule has 2 aromatic carbocycles. The first kappa shape index (κ1) is 23.3. The van der Waals surface area contributed by atoms with Gasteiger partial charge in [0.05, 0.1) is 15.6 Å². The van der Waals surface area contributed by atoms with E-state index in [4.69, 9.17) is 4.74 Å². The molecule has 0 aliphatic heterocycles. The Hall–Kier alpha value is -2.94. The van der Waals surface area contributed by atoms with Crippen LogP contribution >= 0.6 is 15.9 Å². The number of nitrogens with one attached hydrogen (secondary N) is 1. The maximum Gasteiger partial charge on any atom is 0.277 e. The van der Waals surface area contributed by atoms with Crippen LogP contribution in [0.5, 0.6) is 5.75 Å². The Morgan fingerprint density at radius 2 is 1.87 bits per heavy atom. The van der Waals surface area contributed by atoms with E-state index < -0.39 is 10.8 Å². The number of halogens is 1. The van der Waals surface area contributed by atoms with Crippen molar-refractivity contribution in [3.05, 3.63) is 62.6 Å². The van der Waals surface area contributed by atoms with E-state index in [9.17, 15) is 14.9 Å². The van der Waals surface area contributed by atoms with Gasteiger partial charge in [-0.15, -0.1) is 0 Å². The fourth-order valence-corrected chi connectivity index (χ4v) is 3.24. The van der Waals surface area contributed by atoms with Crippen LogP contribution in [0, 0.1) is 10.1 Å². The van der Waals surface area contributed by atoms with Gasteiger partial charge in [0.2, 0.25) is 0 Å². The van der Waals surface area contributed by atoms with Crippen LogP contribution < -0.4 is 15.1 Å². The predicted molar refractivity (Wildman–Crippen MR) is 121 cm³/mol. The summed E-state index contributed by atoms with van der Waals surface area (Å²) in [4.78, 5) is 24.5. The Labute approximate surface area is 184 Å². The lowest BCUT2D eigenvalue weighted by molar-refractivity contribution is -0.384. The third-order valence-corrected chi connectivity index (χ3v) is 4.75. The molecule has 0 aliphatic rings. The molecule has 0 saturated heterocycles. The van der Waals surface area contributed by atoms with Gasteiger partial charge in [0.1, 0.15) is 5.75 Å². The van der Waals surface area contributed by atoms with Gasteiger partial charge in [0.25, 0.3) is 11.6 Å². The second kappa shape index (κ2) is 11.9. The van der Waals surface area contributed by atoms with E-state index in [0.29, 0.717) is 10.2 Å². The summed E-state index contributed by atoms with van der Waals surface area (Å²) in [5, 5.41) is 14.7. The maximum atomic E-state index is 11.9. The predicted octanol–water partition coefficient (Wildman–Crippen LogP) is 4.51. The van der Waals surface area contributed by atoms with E-state index in [2.05, 4.69) is 45.2 Å². The standard InChI is InChI=1S/C21H25BrN4O4/c1-3-11-25(12-4-2)17-7-5-16(6-8-17)14-23-24-21(27)15-30-20-10-9-18(26(28)29)13-19(20)22/h5-10,13-14H,3-4,11-12,15H2,1-2H3,(H,24,27)/b23-14+. The molecule has 8 nitrogen and oxygen atoms in total. The third kappa shape index (κ3) is 7.14. The molecule has 9 heteroatoms. The number of anilines is 1. The summed E-state index contributed by atoms with van der Waals surface area (Å²) in [5.74, 6) is -0.107. The summed E-state index contributed by atoms with van der Waals surface area (Å²) < 4.78 is 5.76. The number of ether oxygens (including phenoxy) is 1. The lowest BCUT2D eigenvalue weighted by Gasteiger charge is -2.23. The minimum Gasteiger partial charge on any atom is -0.483 e. The highest BCUT2D eigenvalue weighted by Gasteiger charge is 2.11. The van der Waals surface area contributed by atoms with Crippen LogP contribution in [0.25, 0.3) is 0 Å². The quantitative estimate of drug-likeness (QED) is 0.292. The van der Waals surface area contributed by atoms with Crippen LogP contribution in [0.15, 0.2) is 52.0 Å². The SMILES string of the molecule is CCCN(CCC)c1ccc(/C=N/NC(=O)COc2ccc([N+](=O)[O-])cc2Br)cc1. The molecular weight excluding hydrogens is 452 g/mol. The van der Waals surface area contributed by atoms with Crippen LogP contribution in [-0.4, -0.2) is 36.7 Å². The molecule has 0 heterocycles. The van der Waals surface area contributed by atoms with Crippen molar-refractivity contribution < 1.29 is 14.5 Å². The number of nitro benzene ring substituents is 1. The Bertz CT molecular complexity index is 881. The third-order valence-electron chi connectivity index (χ3n) is 4.13. The number of carbonyl (C=O) groups is 1. The smallest absolute Gasteiger partial charge is 0.277 e. The molecular formula is C21H25BrN4O4. The van der Waals surface area contributed by atoms with Crippen LogP contribution in [0.2, 0.25) is 0 Å². The van der Waals surface area contributed by atoms with E-state index in [0.717, 1.165) is 31.5 Å². The summed E-state index contributed by atoms with van der Waals surface area (Å²) in [5.41, 5.74) is 4.37. The molecule has 0 bridgehead atoms. The zero-order chi connectivity index (χ0) is 21.9. The summed E-state index contributed by atoms with van der Waals surface area (Å²) >= 11 is 3.19. The summed E-state index contributed by atoms with van der Waals surface area (Å²) in [7, 11) is 0. The number of carbonyl (C=O) groups excluding carboxylic acids is 1. The van der Waals surface area contributed by atoms with Crippen molar-refractivity contribution in [1.29, 1.82) is 0 Å². The topological polar surface area (TPSA) is 97.1 Å². The zero-order valence-electron chi connectivity index (χ0n) is 17.0. The van der Waals surface area contributed by atoms with Gasteiger partial charge in [-0.2, -0.15) is 5.10 Å². The van der Waals surface area contributed by atoms with Crippen LogP contribution in [0.1, 0.15) is 32.3 Å². The minimum absolute atomic E-state index is 0.0678. The first-order valence-electron chi connectivity index (χ1n) is 9.68. The van der Waals surface area contributed by atoms with E-state index in [1.807, 2.05) is 24.3 Å². The molecule has 1 N–H and O–H groups in total. The highest BCUT2D eigenvalue weighted by Crippen LogP contribution is 2.28. The highest BCUT2D eigenvalue weighted by atomic mass is 79.9. The first-order valence-corrected chi connectivity index (χ1v) is 10.5. The lowest BCUT2D eigenvalue weighted by atomic mass is 10.2. The number of amides is 1. The zero-order valence-corrected chi connectivity index (χ0v) is 18.6. The molecule has 0 atom stereocenters. The largest absolute Gasteiger partial charge is 0.483 e. The van der Waals surface area contributed by atoms with Crippen LogP contribution in [0.4, 0.5) is 11.4 Å². The minimum atomic E-state index is -0.506. The van der Waals surface area contributed by atoms with E-state index in [-0.39, 0.29) is 12.3 Å². The van der Waals surface area contributed by atoms with Gasteiger partial charge in [-0.3, -0.25) is 14.9 Å². The lowest BCUT2D eigenvalue weighted by Crippen LogP contribution is -2.25. The Morgan fingerprint density at radius 1 is 1.20 bits per heavy atom. The van der Waals surface area contributed by atoms with Crippen molar-refractivity contribution in [1.82, 2.24) is 5.43 Å². The second-order valence-corrected chi connectivity index (χ2v) is 7.39. The molecule has 0 aromatic heterocycles.